The molecule has 0 aliphatic heterocycles. The van der Waals surface area contributed by atoms with Gasteiger partial charge in [0.25, 0.3) is 11.8 Å². The van der Waals surface area contributed by atoms with Gasteiger partial charge in [-0.15, -0.1) is 0 Å². The first-order valence-electron chi connectivity index (χ1n) is 9.88. The Balaban J connectivity index is 1.72. The molecule has 0 aromatic heterocycles. The number of nitrogens with one attached hydrogen (secondary N) is 1. The van der Waals surface area contributed by atoms with Gasteiger partial charge in [0, 0.05) is 13.6 Å². The molecule has 0 fully saturated rings. The number of para-hydroxylation sites is 2. The molecule has 0 radical (unpaired) electrons. The van der Waals surface area contributed by atoms with Crippen LogP contribution in [-0.2, 0) is 11.3 Å². The largest absolute Gasteiger partial charge is 0.481 e. The highest BCUT2D eigenvalue weighted by Gasteiger charge is 2.24. The van der Waals surface area contributed by atoms with Crippen LogP contribution in [-0.4, -0.2) is 25.0 Å². The van der Waals surface area contributed by atoms with Crippen LogP contribution in [0.4, 0.5) is 5.69 Å². The zero-order valence-corrected chi connectivity index (χ0v) is 17.5. The van der Waals surface area contributed by atoms with Gasteiger partial charge >= 0.3 is 0 Å². The molecule has 1 N–H and O–H groups in total. The lowest BCUT2D eigenvalue weighted by Gasteiger charge is -2.24. The second kappa shape index (κ2) is 9.74. The molecule has 5 heteroatoms. The lowest BCUT2D eigenvalue weighted by atomic mass is 10.1. The number of carbonyl (C=O) groups excluding carboxylic acids is 2. The van der Waals surface area contributed by atoms with Crippen LogP contribution in [0.25, 0.3) is 0 Å². The highest BCUT2D eigenvalue weighted by atomic mass is 16.5. The Bertz CT molecular complexity index is 1020. The van der Waals surface area contributed by atoms with Crippen molar-refractivity contribution in [3.05, 3.63) is 95.6 Å². The van der Waals surface area contributed by atoms with Crippen LogP contribution in [0.15, 0.2) is 78.9 Å². The van der Waals surface area contributed by atoms with Gasteiger partial charge < -0.3 is 15.0 Å². The van der Waals surface area contributed by atoms with Gasteiger partial charge in [-0.3, -0.25) is 9.59 Å². The molecule has 3 aromatic rings. The third-order valence-corrected chi connectivity index (χ3v) is 4.88. The third-order valence-electron chi connectivity index (χ3n) is 4.88. The normalized spacial score (nSPS) is 11.4. The minimum Gasteiger partial charge on any atom is -0.481 e. The summed E-state index contributed by atoms with van der Waals surface area (Å²) in [5.74, 6) is 0.198. The second-order valence-electron chi connectivity index (χ2n) is 7.11. The van der Waals surface area contributed by atoms with Gasteiger partial charge in [0.1, 0.15) is 5.75 Å². The highest BCUT2D eigenvalue weighted by Crippen LogP contribution is 2.22. The maximum atomic E-state index is 13.0. The summed E-state index contributed by atoms with van der Waals surface area (Å²) < 4.78 is 5.86. The molecule has 0 aliphatic carbocycles. The van der Waals surface area contributed by atoms with Crippen molar-refractivity contribution in [1.29, 1.82) is 0 Å². The van der Waals surface area contributed by atoms with Crippen molar-refractivity contribution in [1.82, 2.24) is 5.32 Å². The molecule has 1 unspecified atom stereocenters. The van der Waals surface area contributed by atoms with E-state index in [0.29, 0.717) is 23.5 Å². The highest BCUT2D eigenvalue weighted by molar-refractivity contribution is 6.05. The Kier molecular flexibility index (Phi) is 6.86. The fourth-order valence-corrected chi connectivity index (χ4v) is 3.15. The van der Waals surface area contributed by atoms with E-state index >= 15 is 0 Å². The lowest BCUT2D eigenvalue weighted by molar-refractivity contribution is -0.124. The number of amides is 2. The smallest absolute Gasteiger partial charge is 0.267 e. The van der Waals surface area contributed by atoms with Crippen molar-refractivity contribution in [2.75, 3.05) is 11.9 Å². The predicted octanol–water partition coefficient (Wildman–Crippen LogP) is 4.36. The van der Waals surface area contributed by atoms with Crippen molar-refractivity contribution >= 4 is 17.5 Å². The van der Waals surface area contributed by atoms with E-state index in [1.54, 1.807) is 38.2 Å². The Labute approximate surface area is 177 Å². The molecule has 2 amide bonds. The first-order valence-corrected chi connectivity index (χ1v) is 9.88. The van der Waals surface area contributed by atoms with Crippen LogP contribution in [0, 0.1) is 6.92 Å². The van der Waals surface area contributed by atoms with E-state index in [9.17, 15) is 9.59 Å². The van der Waals surface area contributed by atoms with Gasteiger partial charge in [-0.05, 0) is 43.2 Å². The number of hydrogen-bond acceptors (Lipinski definition) is 3. The molecule has 0 spiro atoms. The second-order valence-corrected chi connectivity index (χ2v) is 7.11. The quantitative estimate of drug-likeness (QED) is 0.639. The van der Waals surface area contributed by atoms with Crippen molar-refractivity contribution in [3.8, 4) is 5.75 Å². The Morgan fingerprint density at radius 3 is 2.30 bits per heavy atom. The van der Waals surface area contributed by atoms with E-state index in [-0.39, 0.29) is 11.8 Å². The molecule has 0 aliphatic rings. The van der Waals surface area contributed by atoms with Gasteiger partial charge in [-0.1, -0.05) is 60.7 Å². The lowest BCUT2D eigenvalue weighted by Crippen LogP contribution is -2.39. The average molecular weight is 402 g/mol. The summed E-state index contributed by atoms with van der Waals surface area (Å²) in [6.45, 7) is 4.06. The minimum absolute atomic E-state index is 0.235. The number of aryl methyl sites for hydroxylation is 1. The first kappa shape index (κ1) is 21.1. The summed E-state index contributed by atoms with van der Waals surface area (Å²) in [5.41, 5.74) is 2.94. The SMILES string of the molecule is Cc1ccccc1OC(C)C(=O)N(C)c1ccccc1C(=O)NCc1ccccc1. The molecule has 3 rings (SSSR count). The van der Waals surface area contributed by atoms with Gasteiger partial charge in [-0.2, -0.15) is 0 Å². The molecule has 154 valence electrons. The molecule has 0 heterocycles. The van der Waals surface area contributed by atoms with E-state index in [2.05, 4.69) is 5.32 Å². The number of rotatable bonds is 7. The molecule has 1 atom stereocenters. The van der Waals surface area contributed by atoms with E-state index in [1.807, 2.05) is 61.5 Å². The standard InChI is InChI=1S/C25H26N2O3/c1-18-11-7-10-16-23(18)30-19(2)25(29)27(3)22-15-9-8-14-21(22)24(28)26-17-20-12-5-4-6-13-20/h4-16,19H,17H2,1-3H3,(H,26,28). The fourth-order valence-electron chi connectivity index (χ4n) is 3.15. The average Bonchev–Trinajstić information content (AvgIpc) is 2.78. The minimum atomic E-state index is -0.698. The molecular formula is C25H26N2O3. The third kappa shape index (κ3) is 5.06. The Morgan fingerprint density at radius 1 is 0.933 bits per heavy atom. The number of nitrogens with zero attached hydrogens (tertiary/aromatic N) is 1. The molecule has 0 saturated carbocycles. The number of benzene rings is 3. The van der Waals surface area contributed by atoms with Crippen molar-refractivity contribution in [3.63, 3.8) is 0 Å². The maximum Gasteiger partial charge on any atom is 0.267 e. The maximum absolute atomic E-state index is 13.0. The van der Waals surface area contributed by atoms with Crippen LogP contribution in [0.3, 0.4) is 0 Å². The number of likely N-dealkylation sites (N-methyl/N-ethyl adjacent to an activating group) is 1. The van der Waals surface area contributed by atoms with Crippen LogP contribution in [0.1, 0.15) is 28.4 Å². The van der Waals surface area contributed by atoms with Gasteiger partial charge in [0.15, 0.2) is 6.10 Å². The van der Waals surface area contributed by atoms with Crippen LogP contribution >= 0.6 is 0 Å². The summed E-state index contributed by atoms with van der Waals surface area (Å²) in [6.07, 6.45) is -0.698. The van der Waals surface area contributed by atoms with E-state index < -0.39 is 6.10 Å². The number of carbonyl (C=O) groups is 2. The Morgan fingerprint density at radius 2 is 1.57 bits per heavy atom. The number of ether oxygens (including phenoxy) is 1. The van der Waals surface area contributed by atoms with Crippen molar-refractivity contribution in [2.24, 2.45) is 0 Å². The van der Waals surface area contributed by atoms with E-state index in [4.69, 9.17) is 4.74 Å². The van der Waals surface area contributed by atoms with Gasteiger partial charge in [-0.25, -0.2) is 0 Å². The van der Waals surface area contributed by atoms with Crippen molar-refractivity contribution in [2.45, 2.75) is 26.5 Å². The molecule has 3 aromatic carbocycles. The van der Waals surface area contributed by atoms with Crippen LogP contribution < -0.4 is 15.0 Å². The first-order chi connectivity index (χ1) is 14.5. The Hall–Kier alpha value is -3.60. The monoisotopic (exact) mass is 402 g/mol. The summed E-state index contributed by atoms with van der Waals surface area (Å²) in [5, 5.41) is 2.92. The topological polar surface area (TPSA) is 58.6 Å². The molecular weight excluding hydrogens is 376 g/mol. The molecule has 30 heavy (non-hydrogen) atoms. The van der Waals surface area contributed by atoms with Crippen LogP contribution in [0.5, 0.6) is 5.75 Å². The molecule has 5 nitrogen and oxygen atoms in total. The fraction of sp³-hybridized carbons (Fsp3) is 0.200. The zero-order valence-electron chi connectivity index (χ0n) is 17.5. The van der Waals surface area contributed by atoms with Crippen molar-refractivity contribution < 1.29 is 14.3 Å². The number of anilines is 1. The zero-order chi connectivity index (χ0) is 21.5. The van der Waals surface area contributed by atoms with Crippen LogP contribution in [0.2, 0.25) is 0 Å². The summed E-state index contributed by atoms with van der Waals surface area (Å²) in [7, 11) is 1.66. The summed E-state index contributed by atoms with van der Waals surface area (Å²) in [4.78, 5) is 27.2. The number of hydrogen-bond donors (Lipinski definition) is 1. The van der Waals surface area contributed by atoms with E-state index in [0.717, 1.165) is 11.1 Å². The van der Waals surface area contributed by atoms with E-state index in [1.165, 1.54) is 4.90 Å². The predicted molar refractivity (Wildman–Crippen MR) is 119 cm³/mol. The van der Waals surface area contributed by atoms with Gasteiger partial charge in [0.2, 0.25) is 0 Å². The molecule has 0 bridgehead atoms. The van der Waals surface area contributed by atoms with Gasteiger partial charge in [0.05, 0.1) is 11.3 Å². The summed E-state index contributed by atoms with van der Waals surface area (Å²) >= 11 is 0. The molecule has 0 saturated heterocycles. The summed E-state index contributed by atoms with van der Waals surface area (Å²) in [6, 6.07) is 24.3.